The van der Waals surface area contributed by atoms with Crippen molar-refractivity contribution in [2.45, 2.75) is 0 Å². The number of methoxy groups -OCH3 is 2. The summed E-state index contributed by atoms with van der Waals surface area (Å²) in [7, 11) is 3.20. The van der Waals surface area contributed by atoms with E-state index in [1.54, 1.807) is 38.5 Å². The fourth-order valence-corrected chi connectivity index (χ4v) is 2.71. The number of terminal acetylenes is 1. The highest BCUT2D eigenvalue weighted by Crippen LogP contribution is 2.35. The molecule has 0 unspecified atom stereocenters. The molecule has 0 aliphatic rings. The largest absolute Gasteiger partial charge is 0.487 e. The van der Waals surface area contributed by atoms with Crippen LogP contribution in [0.3, 0.4) is 0 Å². The van der Waals surface area contributed by atoms with Gasteiger partial charge < -0.3 is 24.3 Å². The third-order valence-electron chi connectivity index (χ3n) is 4.18. The lowest BCUT2D eigenvalue weighted by Gasteiger charge is -2.15. The molecule has 3 rings (SSSR count). The number of rotatable bonds is 10. The van der Waals surface area contributed by atoms with Gasteiger partial charge in [0.2, 0.25) is 0 Å². The zero-order valence-corrected chi connectivity index (χ0v) is 16.8. The Morgan fingerprint density at radius 3 is 2.33 bits per heavy atom. The molecule has 0 amide bonds. The molecule has 1 N–H and O–H groups in total. The molecule has 0 saturated carbocycles. The third-order valence-corrected chi connectivity index (χ3v) is 4.18. The monoisotopic (exact) mass is 410 g/mol. The molecule has 0 radical (unpaired) electrons. The van der Waals surface area contributed by atoms with E-state index in [0.717, 1.165) is 0 Å². The predicted octanol–water partition coefficient (Wildman–Crippen LogP) is 3.54. The molecule has 0 spiro atoms. The maximum Gasteiger partial charge on any atom is 0.163 e. The zero-order chi connectivity index (χ0) is 21.3. The summed E-state index contributed by atoms with van der Waals surface area (Å²) in [6.45, 7) is 1.58. The fraction of sp³-hybridized carbons (Fsp3) is 0.273. The molecule has 0 bridgehead atoms. The molecule has 0 saturated heterocycles. The average Bonchev–Trinajstić information content (AvgIpc) is 2.76. The van der Waals surface area contributed by atoms with Gasteiger partial charge in [-0.05, 0) is 24.3 Å². The molecule has 156 valence electrons. The summed E-state index contributed by atoms with van der Waals surface area (Å²) in [5.41, 5.74) is 1.42. The second-order valence-electron chi connectivity index (χ2n) is 6.18. The van der Waals surface area contributed by atoms with Gasteiger partial charge in [0, 0.05) is 31.4 Å². The Hall–Kier alpha value is -3.41. The lowest BCUT2D eigenvalue weighted by Crippen LogP contribution is -2.09. The summed E-state index contributed by atoms with van der Waals surface area (Å²) in [4.78, 5) is 8.64. The fourth-order valence-electron chi connectivity index (χ4n) is 2.71. The number of nitrogens with zero attached hydrogens (tertiary/aromatic N) is 2. The first-order valence-corrected chi connectivity index (χ1v) is 9.21. The van der Waals surface area contributed by atoms with E-state index < -0.39 is 5.82 Å². The second kappa shape index (κ2) is 10.4. The Bertz CT molecular complexity index is 1050. The molecule has 8 heteroatoms. The molecule has 0 aliphatic heterocycles. The highest BCUT2D eigenvalue weighted by atomic mass is 18.2. The molecule has 0 aliphatic carbocycles. The van der Waals surface area contributed by atoms with Crippen LogP contribution in [0.25, 0.3) is 10.9 Å². The van der Waals surface area contributed by atoms with Crippen molar-refractivity contribution in [3.63, 3.8) is 0 Å². The first-order chi connectivity index (χ1) is 14.7. The Morgan fingerprint density at radius 2 is 1.67 bits per heavy atom. The molecule has 30 heavy (non-hydrogen) atoms. The Kier molecular flexibility index (Phi) is 7.38. The van der Waals surface area contributed by atoms with Gasteiger partial charge in [-0.15, -0.1) is 6.42 Å². The maximum absolute atomic E-state index is 13.7. The van der Waals surface area contributed by atoms with Crippen LogP contribution in [0.5, 0.6) is 11.5 Å². The number of ether oxygens (including phenoxy) is 4. The van der Waals surface area contributed by atoms with Crippen LogP contribution in [0.15, 0.2) is 36.7 Å². The zero-order valence-electron chi connectivity index (χ0n) is 16.8. The standard InChI is InChI=1S/C22H22FN3O4/c1-4-15-11-16(5-6-18(15)23)26-22-17-12-20(29-9-7-27-2)21(30-10-8-28-3)13-19(17)24-14-25-22/h1,5-6,11-14H,7-10H2,2-3H3,(H,24,25,26)/i23-1. The van der Waals surface area contributed by atoms with Crippen molar-refractivity contribution in [2.75, 3.05) is 46.0 Å². The average molecular weight is 410 g/mol. The molecule has 3 aromatic rings. The number of halogens is 1. The van der Waals surface area contributed by atoms with E-state index >= 15 is 0 Å². The maximum atomic E-state index is 13.7. The summed E-state index contributed by atoms with van der Waals surface area (Å²) >= 11 is 0. The van der Waals surface area contributed by atoms with Crippen LogP contribution >= 0.6 is 0 Å². The number of aromatic nitrogens is 2. The quantitative estimate of drug-likeness (QED) is 0.405. The molecular weight excluding hydrogens is 388 g/mol. The van der Waals surface area contributed by atoms with E-state index in [4.69, 9.17) is 25.4 Å². The van der Waals surface area contributed by atoms with E-state index in [9.17, 15) is 4.39 Å². The molecule has 0 fully saturated rings. The molecular formula is C22H22FN3O4. The van der Waals surface area contributed by atoms with Gasteiger partial charge in [0.25, 0.3) is 0 Å². The van der Waals surface area contributed by atoms with Crippen LogP contribution in [-0.4, -0.2) is 50.6 Å². The van der Waals surface area contributed by atoms with Crippen molar-refractivity contribution in [3.8, 4) is 23.8 Å². The summed E-state index contributed by atoms with van der Waals surface area (Å²) in [6, 6.07) is 8.00. The summed E-state index contributed by atoms with van der Waals surface area (Å²) in [5, 5.41) is 3.86. The van der Waals surface area contributed by atoms with Gasteiger partial charge in [-0.25, -0.2) is 14.4 Å². The molecule has 1 aromatic heterocycles. The van der Waals surface area contributed by atoms with Gasteiger partial charge in [-0.2, -0.15) is 0 Å². The first-order valence-electron chi connectivity index (χ1n) is 9.21. The Morgan fingerprint density at radius 1 is 0.967 bits per heavy atom. The number of fused-ring (bicyclic) bond motifs is 1. The van der Waals surface area contributed by atoms with E-state index in [2.05, 4.69) is 21.2 Å². The predicted molar refractivity (Wildman–Crippen MR) is 112 cm³/mol. The minimum atomic E-state index is -0.456. The van der Waals surface area contributed by atoms with Crippen LogP contribution in [-0.2, 0) is 9.47 Å². The second-order valence-corrected chi connectivity index (χ2v) is 6.18. The van der Waals surface area contributed by atoms with Crippen molar-refractivity contribution in [2.24, 2.45) is 0 Å². The van der Waals surface area contributed by atoms with E-state index in [0.29, 0.717) is 60.3 Å². The smallest absolute Gasteiger partial charge is 0.163 e. The van der Waals surface area contributed by atoms with E-state index in [-0.39, 0.29) is 5.56 Å². The SMILES string of the molecule is C#Cc1cc(Nc2ncnc3cc(OCCOC)c(OCCOC)cc23)ccc1[18F]. The lowest BCUT2D eigenvalue weighted by molar-refractivity contribution is 0.132. The highest BCUT2D eigenvalue weighted by molar-refractivity contribution is 5.93. The molecule has 1 heterocycles. The Labute approximate surface area is 174 Å². The normalized spacial score (nSPS) is 10.6. The van der Waals surface area contributed by atoms with Crippen molar-refractivity contribution >= 4 is 22.4 Å². The summed E-state index contributed by atoms with van der Waals surface area (Å²) < 4.78 is 35.4. The minimum Gasteiger partial charge on any atom is -0.487 e. The van der Waals surface area contributed by atoms with Crippen molar-refractivity contribution in [1.29, 1.82) is 0 Å². The van der Waals surface area contributed by atoms with Gasteiger partial charge in [0.1, 0.15) is 31.2 Å². The van der Waals surface area contributed by atoms with Gasteiger partial charge in [-0.3, -0.25) is 0 Å². The van der Waals surface area contributed by atoms with Crippen molar-refractivity contribution in [3.05, 3.63) is 48.0 Å². The minimum absolute atomic E-state index is 0.163. The number of anilines is 2. The van der Waals surface area contributed by atoms with E-state index in [1.165, 1.54) is 12.4 Å². The number of benzene rings is 2. The van der Waals surface area contributed by atoms with Gasteiger partial charge in [0.05, 0.1) is 24.3 Å². The van der Waals surface area contributed by atoms with Gasteiger partial charge >= 0.3 is 0 Å². The van der Waals surface area contributed by atoms with Crippen LogP contribution in [0.4, 0.5) is 15.9 Å². The van der Waals surface area contributed by atoms with E-state index in [1.807, 2.05) is 0 Å². The Balaban J connectivity index is 1.97. The first kappa shape index (κ1) is 21.3. The van der Waals surface area contributed by atoms with Crippen molar-refractivity contribution < 1.29 is 23.3 Å². The topological polar surface area (TPSA) is 74.7 Å². The summed E-state index contributed by atoms with van der Waals surface area (Å²) in [6.07, 6.45) is 6.79. The number of hydrogen-bond acceptors (Lipinski definition) is 7. The lowest BCUT2D eigenvalue weighted by atomic mass is 10.1. The molecule has 2 aromatic carbocycles. The number of nitrogens with one attached hydrogen (secondary N) is 1. The van der Waals surface area contributed by atoms with Crippen LogP contribution < -0.4 is 14.8 Å². The summed E-state index contributed by atoms with van der Waals surface area (Å²) in [5.74, 6) is 3.45. The number of hydrogen-bond donors (Lipinski definition) is 1. The highest BCUT2D eigenvalue weighted by Gasteiger charge is 2.13. The molecule has 7 nitrogen and oxygen atoms in total. The van der Waals surface area contributed by atoms with Crippen LogP contribution in [0, 0.1) is 18.2 Å². The third kappa shape index (κ3) is 5.14. The van der Waals surface area contributed by atoms with Gasteiger partial charge in [-0.1, -0.05) is 5.92 Å². The van der Waals surface area contributed by atoms with Crippen LogP contribution in [0.1, 0.15) is 5.56 Å². The molecule has 0 atom stereocenters. The van der Waals surface area contributed by atoms with Gasteiger partial charge in [0.15, 0.2) is 11.5 Å². The van der Waals surface area contributed by atoms with Crippen LogP contribution in [0.2, 0.25) is 0 Å². The van der Waals surface area contributed by atoms with Crippen molar-refractivity contribution in [1.82, 2.24) is 9.97 Å².